The first-order valence-electron chi connectivity index (χ1n) is 18.0. The van der Waals surface area contributed by atoms with Gasteiger partial charge >= 0.3 is 0 Å². The summed E-state index contributed by atoms with van der Waals surface area (Å²) >= 11 is 0. The van der Waals surface area contributed by atoms with Crippen molar-refractivity contribution in [1.82, 2.24) is 14.5 Å². The lowest BCUT2D eigenvalue weighted by Crippen LogP contribution is -2.37. The molecule has 6 rings (SSSR count). The van der Waals surface area contributed by atoms with Crippen LogP contribution in [0.5, 0.6) is 5.75 Å². The smallest absolute Gasteiger partial charge is 0.144 e. The molecule has 0 atom stereocenters. The molecule has 258 valence electrons. The van der Waals surface area contributed by atoms with E-state index in [0.717, 1.165) is 68.0 Å². The number of fused-ring (bicyclic) bond motifs is 1. The maximum absolute atomic E-state index is 12.0. The van der Waals surface area contributed by atoms with Gasteiger partial charge in [0.1, 0.15) is 11.6 Å². The number of nitrogens with zero attached hydrogens (tertiary/aromatic N) is 3. The van der Waals surface area contributed by atoms with Gasteiger partial charge in [0, 0.05) is 29.4 Å². The number of para-hydroxylation sites is 1. The predicted octanol–water partition coefficient (Wildman–Crippen LogP) is 11.6. The Hall–Kier alpha value is -4.48. The molecule has 4 nitrogen and oxygen atoms in total. The predicted molar refractivity (Wildman–Crippen MR) is 216 cm³/mol. The summed E-state index contributed by atoms with van der Waals surface area (Å²) in [5.74, 6) is 1.50. The largest absolute Gasteiger partial charge is 0.507 e. The van der Waals surface area contributed by atoms with Gasteiger partial charge in [-0.3, -0.25) is 4.98 Å². The molecule has 4 aromatic carbocycles. The van der Waals surface area contributed by atoms with Gasteiger partial charge < -0.3 is 9.67 Å². The summed E-state index contributed by atoms with van der Waals surface area (Å²) in [7, 11) is -1.48. The van der Waals surface area contributed by atoms with Crippen LogP contribution in [0.15, 0.2) is 97.2 Å². The molecule has 0 aliphatic rings. The molecule has 2 heterocycles. The highest BCUT2D eigenvalue weighted by molar-refractivity contribution is 6.88. The van der Waals surface area contributed by atoms with Crippen molar-refractivity contribution >= 4 is 24.3 Å². The van der Waals surface area contributed by atoms with E-state index in [1.807, 2.05) is 0 Å². The second kappa shape index (κ2) is 13.0. The second-order valence-corrected chi connectivity index (χ2v) is 22.5. The van der Waals surface area contributed by atoms with E-state index in [0.29, 0.717) is 11.7 Å². The Kier molecular flexibility index (Phi) is 9.19. The molecule has 0 bridgehead atoms. The molecule has 6 aromatic rings. The van der Waals surface area contributed by atoms with Gasteiger partial charge in [-0.25, -0.2) is 4.98 Å². The van der Waals surface area contributed by atoms with E-state index in [2.05, 4.69) is 177 Å². The maximum atomic E-state index is 12.0. The molecule has 0 fully saturated rings. The lowest BCUT2D eigenvalue weighted by molar-refractivity contribution is 0.445. The Morgan fingerprint density at radius 1 is 0.700 bits per heavy atom. The van der Waals surface area contributed by atoms with Crippen LogP contribution in [0.4, 0.5) is 0 Å². The Bertz CT molecular complexity index is 2160. The minimum Gasteiger partial charge on any atom is -0.507 e. The minimum absolute atomic E-state index is 0.0991. The number of aromatic hydroxyl groups is 1. The average Bonchev–Trinajstić information content (AvgIpc) is 3.41. The zero-order valence-electron chi connectivity index (χ0n) is 31.8. The van der Waals surface area contributed by atoms with Crippen molar-refractivity contribution in [3.05, 3.63) is 108 Å². The van der Waals surface area contributed by atoms with E-state index in [1.165, 1.54) is 10.8 Å². The first-order valence-corrected chi connectivity index (χ1v) is 21.5. The molecule has 0 aliphatic carbocycles. The molecule has 0 radical (unpaired) electrons. The summed E-state index contributed by atoms with van der Waals surface area (Å²) in [6.07, 6.45) is 2.07. The molecule has 1 N–H and O–H groups in total. The number of benzene rings is 4. The van der Waals surface area contributed by atoms with Crippen LogP contribution in [-0.4, -0.2) is 27.7 Å². The van der Waals surface area contributed by atoms with E-state index in [9.17, 15) is 5.11 Å². The number of phenolic OH excluding ortho intramolecular Hbond substituents is 1. The summed E-state index contributed by atoms with van der Waals surface area (Å²) in [6, 6.07) is 32.6. The van der Waals surface area contributed by atoms with Crippen molar-refractivity contribution in [3.8, 4) is 50.6 Å². The van der Waals surface area contributed by atoms with Crippen LogP contribution in [0.3, 0.4) is 0 Å². The zero-order chi connectivity index (χ0) is 36.2. The molecule has 2 aromatic heterocycles. The van der Waals surface area contributed by atoms with Gasteiger partial charge in [-0.05, 0) is 80.6 Å². The zero-order valence-corrected chi connectivity index (χ0v) is 32.8. The topological polar surface area (TPSA) is 50.9 Å². The van der Waals surface area contributed by atoms with Crippen molar-refractivity contribution in [3.63, 3.8) is 0 Å². The molecule has 0 unspecified atom stereocenters. The summed E-state index contributed by atoms with van der Waals surface area (Å²) in [5.41, 5.74) is 11.1. The van der Waals surface area contributed by atoms with E-state index in [-0.39, 0.29) is 10.8 Å². The van der Waals surface area contributed by atoms with Crippen molar-refractivity contribution in [2.75, 3.05) is 0 Å². The SMILES string of the molecule is CC(C)Cn1c(-c2cc(C(C)(C)C)cc(C(C)(C)C)c2O)nc2c(-c3cc(-c4ccccc4)cc(-c4ccc([Si](C)(C)C)cn4)c3)cccc21. The van der Waals surface area contributed by atoms with Crippen molar-refractivity contribution in [1.29, 1.82) is 0 Å². The fourth-order valence-electron chi connectivity index (χ4n) is 6.68. The number of rotatable bonds is 7. The number of phenols is 1. The van der Waals surface area contributed by atoms with Crippen molar-refractivity contribution < 1.29 is 5.11 Å². The highest BCUT2D eigenvalue weighted by atomic mass is 28.3. The van der Waals surface area contributed by atoms with Crippen LogP contribution in [-0.2, 0) is 17.4 Å². The third kappa shape index (κ3) is 7.07. The Morgan fingerprint density at radius 2 is 1.38 bits per heavy atom. The number of imidazole rings is 1. The quantitative estimate of drug-likeness (QED) is 0.171. The van der Waals surface area contributed by atoms with E-state index in [4.69, 9.17) is 9.97 Å². The van der Waals surface area contributed by atoms with Gasteiger partial charge in [-0.15, -0.1) is 0 Å². The van der Waals surface area contributed by atoms with Crippen molar-refractivity contribution in [2.45, 2.75) is 92.4 Å². The van der Waals surface area contributed by atoms with Gasteiger partial charge in [0.05, 0.1) is 30.4 Å². The Labute approximate surface area is 300 Å². The fraction of sp³-hybridized carbons (Fsp3) is 0.333. The second-order valence-electron chi connectivity index (χ2n) is 17.4. The molecule has 50 heavy (non-hydrogen) atoms. The maximum Gasteiger partial charge on any atom is 0.144 e. The first-order chi connectivity index (χ1) is 23.4. The van der Waals surface area contributed by atoms with Crippen LogP contribution in [0.1, 0.15) is 66.5 Å². The van der Waals surface area contributed by atoms with Crippen LogP contribution in [0, 0.1) is 5.92 Å². The molecule has 0 spiro atoms. The number of hydrogen-bond donors (Lipinski definition) is 1. The van der Waals surface area contributed by atoms with E-state index in [1.54, 1.807) is 0 Å². The number of pyridine rings is 1. The molecule has 5 heteroatoms. The monoisotopic (exact) mass is 679 g/mol. The molecule has 0 aliphatic heterocycles. The third-order valence-corrected chi connectivity index (χ3v) is 11.7. The van der Waals surface area contributed by atoms with Gasteiger partial charge in [0.15, 0.2) is 0 Å². The Balaban J connectivity index is 1.62. The Morgan fingerprint density at radius 3 is 1.98 bits per heavy atom. The minimum atomic E-state index is -1.48. The van der Waals surface area contributed by atoms with Gasteiger partial charge in [-0.2, -0.15) is 0 Å². The van der Waals surface area contributed by atoms with Crippen LogP contribution >= 0.6 is 0 Å². The van der Waals surface area contributed by atoms with E-state index < -0.39 is 8.07 Å². The summed E-state index contributed by atoms with van der Waals surface area (Å²) in [6.45, 7) is 25.5. The van der Waals surface area contributed by atoms with Crippen LogP contribution in [0.25, 0.3) is 55.9 Å². The normalized spacial score (nSPS) is 12.6. The highest BCUT2D eigenvalue weighted by Gasteiger charge is 2.28. The number of hydrogen-bond acceptors (Lipinski definition) is 3. The highest BCUT2D eigenvalue weighted by Crippen LogP contribution is 2.44. The van der Waals surface area contributed by atoms with E-state index >= 15 is 0 Å². The first kappa shape index (κ1) is 35.3. The summed E-state index contributed by atoms with van der Waals surface area (Å²) in [4.78, 5) is 10.4. The van der Waals surface area contributed by atoms with Gasteiger partial charge in [-0.1, -0.05) is 130 Å². The third-order valence-electron chi connectivity index (χ3n) is 9.63. The molecular formula is C45H53N3OSi. The summed E-state index contributed by atoms with van der Waals surface area (Å²) < 4.78 is 2.32. The van der Waals surface area contributed by atoms with Gasteiger partial charge in [0.25, 0.3) is 0 Å². The van der Waals surface area contributed by atoms with Gasteiger partial charge in [0.2, 0.25) is 0 Å². The molecular weight excluding hydrogens is 627 g/mol. The van der Waals surface area contributed by atoms with Crippen molar-refractivity contribution in [2.24, 2.45) is 5.92 Å². The molecule has 0 saturated heterocycles. The standard InChI is InChI=1S/C45H53N3OSi/c1-29(2)28-48-40-19-15-18-36(41(40)47-43(48)37-25-34(44(3,4)5)26-38(42(37)49)45(6,7)8)32-22-31(30-16-13-12-14-17-30)23-33(24-32)39-21-20-35(27-46-39)50(9,10)11/h12-27,29,49H,28H2,1-11H3. The lowest BCUT2D eigenvalue weighted by Gasteiger charge is -2.27. The molecule has 0 saturated carbocycles. The fourth-order valence-corrected chi connectivity index (χ4v) is 7.72. The lowest BCUT2D eigenvalue weighted by atomic mass is 9.79. The average molecular weight is 680 g/mol. The van der Waals surface area contributed by atoms with Crippen LogP contribution in [0.2, 0.25) is 19.6 Å². The van der Waals surface area contributed by atoms with Crippen LogP contribution < -0.4 is 5.19 Å². The molecule has 0 amide bonds. The summed E-state index contributed by atoms with van der Waals surface area (Å²) in [5, 5.41) is 13.3. The number of aromatic nitrogens is 3.